The van der Waals surface area contributed by atoms with Crippen molar-refractivity contribution in [2.75, 3.05) is 43.5 Å². The Morgan fingerprint density at radius 3 is 2.50 bits per heavy atom. The van der Waals surface area contributed by atoms with Gasteiger partial charge in [0.05, 0.1) is 18.5 Å². The molecule has 1 heterocycles. The van der Waals surface area contributed by atoms with Crippen LogP contribution >= 0.6 is 11.6 Å². The van der Waals surface area contributed by atoms with Crippen molar-refractivity contribution in [1.82, 2.24) is 4.90 Å². The van der Waals surface area contributed by atoms with Gasteiger partial charge in [0.15, 0.2) is 0 Å². The van der Waals surface area contributed by atoms with Crippen LogP contribution in [0.4, 0.5) is 25.0 Å². The molecule has 5 nitrogen and oxygen atoms in total. The van der Waals surface area contributed by atoms with Crippen molar-refractivity contribution in [3.05, 3.63) is 53.1 Å². The lowest BCUT2D eigenvalue weighted by atomic mass is 10.2. The summed E-state index contributed by atoms with van der Waals surface area (Å²) in [5.74, 6) is -0.786. The topological polar surface area (TPSA) is 44.8 Å². The van der Waals surface area contributed by atoms with E-state index in [0.717, 1.165) is 17.8 Å². The Labute approximate surface area is 155 Å². The number of piperazine rings is 1. The van der Waals surface area contributed by atoms with Crippen LogP contribution in [0.25, 0.3) is 0 Å². The number of carbonyl (C=O) groups excluding carboxylic acids is 1. The maximum absolute atomic E-state index is 13.7. The number of carbonyl (C=O) groups is 1. The first-order valence-corrected chi connectivity index (χ1v) is 8.45. The predicted octanol–water partition coefficient (Wildman–Crippen LogP) is 3.98. The van der Waals surface area contributed by atoms with Gasteiger partial charge in [-0.25, -0.2) is 13.6 Å². The monoisotopic (exact) mass is 381 g/mol. The van der Waals surface area contributed by atoms with Crippen molar-refractivity contribution in [1.29, 1.82) is 0 Å². The first kappa shape index (κ1) is 18.3. The van der Waals surface area contributed by atoms with Crippen LogP contribution < -0.4 is 15.0 Å². The van der Waals surface area contributed by atoms with Gasteiger partial charge < -0.3 is 19.9 Å². The summed E-state index contributed by atoms with van der Waals surface area (Å²) in [5, 5.41) is 3.08. The predicted molar refractivity (Wildman–Crippen MR) is 97.2 cm³/mol. The van der Waals surface area contributed by atoms with Gasteiger partial charge in [-0.2, -0.15) is 0 Å². The summed E-state index contributed by atoms with van der Waals surface area (Å²) in [6.45, 7) is 2.06. The molecule has 2 aromatic carbocycles. The minimum Gasteiger partial charge on any atom is -0.495 e. The van der Waals surface area contributed by atoms with Crippen molar-refractivity contribution in [3.8, 4) is 5.75 Å². The van der Waals surface area contributed by atoms with Crippen molar-refractivity contribution in [3.63, 3.8) is 0 Å². The molecule has 8 heteroatoms. The van der Waals surface area contributed by atoms with Gasteiger partial charge in [-0.05, 0) is 30.3 Å². The largest absolute Gasteiger partial charge is 0.495 e. The van der Waals surface area contributed by atoms with Crippen molar-refractivity contribution < 1.29 is 18.3 Å². The molecule has 0 bridgehead atoms. The summed E-state index contributed by atoms with van der Waals surface area (Å²) in [6, 6.07) is 7.99. The van der Waals surface area contributed by atoms with Gasteiger partial charge in [0.25, 0.3) is 0 Å². The zero-order valence-electron chi connectivity index (χ0n) is 14.1. The molecule has 1 N–H and O–H groups in total. The van der Waals surface area contributed by atoms with Crippen LogP contribution in [0, 0.1) is 11.6 Å². The second-order valence-electron chi connectivity index (χ2n) is 5.84. The smallest absolute Gasteiger partial charge is 0.322 e. The van der Waals surface area contributed by atoms with Crippen LogP contribution in [0.3, 0.4) is 0 Å². The van der Waals surface area contributed by atoms with Gasteiger partial charge in [-0.3, -0.25) is 0 Å². The summed E-state index contributed by atoms with van der Waals surface area (Å²) < 4.78 is 32.0. The van der Waals surface area contributed by atoms with Gasteiger partial charge in [0.1, 0.15) is 17.4 Å². The second-order valence-corrected chi connectivity index (χ2v) is 6.28. The summed E-state index contributed by atoms with van der Waals surface area (Å²) in [7, 11) is 1.59. The first-order chi connectivity index (χ1) is 12.5. The molecule has 0 radical (unpaired) electrons. The maximum Gasteiger partial charge on any atom is 0.322 e. The lowest BCUT2D eigenvalue weighted by Gasteiger charge is -2.36. The Morgan fingerprint density at radius 2 is 1.85 bits per heavy atom. The van der Waals surface area contributed by atoms with E-state index in [1.54, 1.807) is 24.1 Å². The van der Waals surface area contributed by atoms with Crippen LogP contribution in [-0.2, 0) is 0 Å². The molecule has 0 unspecified atom stereocenters. The number of urea groups is 1. The number of rotatable bonds is 3. The van der Waals surface area contributed by atoms with Crippen molar-refractivity contribution in [2.45, 2.75) is 0 Å². The fraction of sp³-hybridized carbons (Fsp3) is 0.278. The lowest BCUT2D eigenvalue weighted by Crippen LogP contribution is -2.50. The molecule has 3 rings (SSSR count). The number of nitrogens with one attached hydrogen (secondary N) is 1. The minimum absolute atomic E-state index is 0.0460. The summed E-state index contributed by atoms with van der Waals surface area (Å²) >= 11 is 6.07. The Morgan fingerprint density at radius 1 is 1.12 bits per heavy atom. The number of anilines is 2. The first-order valence-electron chi connectivity index (χ1n) is 8.07. The van der Waals surface area contributed by atoms with Crippen LogP contribution in [-0.4, -0.2) is 44.2 Å². The van der Waals surface area contributed by atoms with E-state index in [1.165, 1.54) is 6.07 Å². The van der Waals surface area contributed by atoms with Crippen LogP contribution in [0.1, 0.15) is 0 Å². The molecule has 1 aliphatic rings. The summed E-state index contributed by atoms with van der Waals surface area (Å²) in [5.41, 5.74) is 0.819. The number of hydrogen-bond acceptors (Lipinski definition) is 3. The van der Waals surface area contributed by atoms with Crippen LogP contribution in [0.15, 0.2) is 36.4 Å². The highest BCUT2D eigenvalue weighted by molar-refractivity contribution is 6.30. The molecule has 1 fully saturated rings. The Hall–Kier alpha value is -2.54. The third kappa shape index (κ3) is 3.99. The third-order valence-corrected chi connectivity index (χ3v) is 4.46. The Bertz CT molecular complexity index is 811. The molecule has 26 heavy (non-hydrogen) atoms. The zero-order valence-corrected chi connectivity index (χ0v) is 14.9. The highest BCUT2D eigenvalue weighted by atomic mass is 35.5. The van der Waals surface area contributed by atoms with E-state index in [2.05, 4.69) is 10.2 Å². The average Bonchev–Trinajstić information content (AvgIpc) is 2.64. The number of amides is 2. The number of nitrogens with zero attached hydrogens (tertiary/aromatic N) is 2. The molecular weight excluding hydrogens is 364 g/mol. The molecule has 0 aromatic heterocycles. The van der Waals surface area contributed by atoms with Crippen molar-refractivity contribution in [2.24, 2.45) is 0 Å². The molecule has 1 saturated heterocycles. The van der Waals surface area contributed by atoms with Crippen molar-refractivity contribution >= 4 is 29.0 Å². The quantitative estimate of drug-likeness (QED) is 0.874. The molecule has 0 aliphatic carbocycles. The number of ether oxygens (including phenoxy) is 1. The minimum atomic E-state index is -0.805. The number of methoxy groups -OCH3 is 1. The van der Waals surface area contributed by atoms with Crippen LogP contribution in [0.5, 0.6) is 5.75 Å². The number of hydrogen-bond donors (Lipinski definition) is 1. The lowest BCUT2D eigenvalue weighted by molar-refractivity contribution is 0.208. The van der Waals surface area contributed by atoms with Gasteiger partial charge in [-0.1, -0.05) is 11.6 Å². The highest BCUT2D eigenvalue weighted by Gasteiger charge is 2.23. The fourth-order valence-corrected chi connectivity index (χ4v) is 3.01. The third-order valence-electron chi connectivity index (χ3n) is 4.22. The normalized spacial score (nSPS) is 14.3. The Balaban J connectivity index is 1.63. The van der Waals surface area contributed by atoms with Gasteiger partial charge in [0, 0.05) is 37.3 Å². The molecule has 0 saturated carbocycles. The standard InChI is InChI=1S/C18H18ClF2N3O2/c1-26-17-5-2-12(19)10-16(17)23-6-8-24(9-7-23)18(25)22-15-4-3-13(20)11-14(15)21/h2-5,10-11H,6-9H2,1H3,(H,22,25). The number of benzene rings is 2. The molecule has 138 valence electrons. The van der Waals surface area contributed by atoms with Gasteiger partial charge >= 0.3 is 6.03 Å². The highest BCUT2D eigenvalue weighted by Crippen LogP contribution is 2.32. The zero-order chi connectivity index (χ0) is 18.7. The number of halogens is 3. The Kier molecular flexibility index (Phi) is 5.46. The van der Waals surface area contributed by atoms with Gasteiger partial charge in [-0.15, -0.1) is 0 Å². The van der Waals surface area contributed by atoms with E-state index in [1.807, 2.05) is 6.07 Å². The molecule has 0 spiro atoms. The fourth-order valence-electron chi connectivity index (χ4n) is 2.85. The van der Waals surface area contributed by atoms with E-state index in [4.69, 9.17) is 16.3 Å². The van der Waals surface area contributed by atoms with Crippen LogP contribution in [0.2, 0.25) is 5.02 Å². The molecule has 2 aromatic rings. The molecule has 2 amide bonds. The van der Waals surface area contributed by atoms with E-state index < -0.39 is 17.7 Å². The molecular formula is C18H18ClF2N3O2. The summed E-state index contributed by atoms with van der Waals surface area (Å²) in [6.07, 6.45) is 0. The molecule has 0 atom stereocenters. The molecule has 1 aliphatic heterocycles. The van der Waals surface area contributed by atoms with Gasteiger partial charge in [0.2, 0.25) is 0 Å². The van der Waals surface area contributed by atoms with E-state index in [0.29, 0.717) is 37.0 Å². The second kappa shape index (κ2) is 7.78. The maximum atomic E-state index is 13.7. The summed E-state index contributed by atoms with van der Waals surface area (Å²) in [4.78, 5) is 16.0. The average molecular weight is 382 g/mol. The van der Waals surface area contributed by atoms with E-state index in [9.17, 15) is 13.6 Å². The van der Waals surface area contributed by atoms with E-state index >= 15 is 0 Å². The SMILES string of the molecule is COc1ccc(Cl)cc1N1CCN(C(=O)Nc2ccc(F)cc2F)CC1. The van der Waals surface area contributed by atoms with E-state index in [-0.39, 0.29) is 5.69 Å².